The van der Waals surface area contributed by atoms with Gasteiger partial charge in [-0.15, -0.1) is 0 Å². The largest absolute Gasteiger partial charge is 0.436 e. The normalized spacial score (nSPS) is 12.8. The van der Waals surface area contributed by atoms with Crippen LogP contribution < -0.4 is 5.32 Å². The number of carbonyl (C=O) groups excluding carboxylic acids is 1. The first kappa shape index (κ1) is 20.9. The van der Waals surface area contributed by atoms with E-state index in [-0.39, 0.29) is 5.69 Å². The molecule has 0 radical (unpaired) electrons. The zero-order valence-corrected chi connectivity index (χ0v) is 16.7. The Morgan fingerprint density at radius 3 is 2.59 bits per heavy atom. The van der Waals surface area contributed by atoms with E-state index in [4.69, 9.17) is 11.6 Å². The molecule has 10 heteroatoms. The van der Waals surface area contributed by atoms with Gasteiger partial charge in [-0.05, 0) is 31.9 Å². The minimum Gasteiger partial charge on any atom is -0.322 e. The minimum absolute atomic E-state index is 0.0666. The van der Waals surface area contributed by atoms with Crippen LogP contribution in [0.4, 0.5) is 18.9 Å². The molecule has 1 aromatic carbocycles. The molecule has 2 heterocycles. The van der Waals surface area contributed by atoms with E-state index in [1.165, 1.54) is 20.0 Å². The minimum atomic E-state index is -4.69. The quantitative estimate of drug-likeness (QED) is 0.649. The van der Waals surface area contributed by atoms with Gasteiger partial charge in [0.25, 0.3) is 0 Å². The van der Waals surface area contributed by atoms with Crippen molar-refractivity contribution in [3.05, 3.63) is 64.2 Å². The molecule has 6 nitrogen and oxygen atoms in total. The van der Waals surface area contributed by atoms with E-state index in [9.17, 15) is 18.0 Å². The summed E-state index contributed by atoms with van der Waals surface area (Å²) in [6, 6.07) is 6.87. The van der Waals surface area contributed by atoms with Crippen LogP contribution in [0, 0.1) is 13.8 Å². The molecule has 0 fully saturated rings. The van der Waals surface area contributed by atoms with Gasteiger partial charge in [0.2, 0.25) is 5.91 Å². The maximum atomic E-state index is 13.0. The molecule has 3 aromatic rings. The Bertz CT molecular complexity index is 1040. The second-order valence-electron chi connectivity index (χ2n) is 6.71. The topological polar surface area (TPSA) is 64.7 Å². The number of halogens is 4. The predicted molar refractivity (Wildman–Crippen MR) is 103 cm³/mol. The summed E-state index contributed by atoms with van der Waals surface area (Å²) in [5.41, 5.74) is 1.50. The molecule has 0 aliphatic carbocycles. The molecule has 2 aromatic heterocycles. The molecular weight excluding hydrogens is 407 g/mol. The Morgan fingerprint density at radius 1 is 1.28 bits per heavy atom. The van der Waals surface area contributed by atoms with Gasteiger partial charge in [-0.25, -0.2) is 0 Å². The zero-order valence-electron chi connectivity index (χ0n) is 16.0. The van der Waals surface area contributed by atoms with Crippen molar-refractivity contribution in [1.82, 2.24) is 19.6 Å². The lowest BCUT2D eigenvalue weighted by Crippen LogP contribution is -2.25. The molecule has 0 aliphatic rings. The number of nitrogens with zero attached hydrogens (tertiary/aromatic N) is 4. The van der Waals surface area contributed by atoms with Crippen molar-refractivity contribution in [3.63, 3.8) is 0 Å². The van der Waals surface area contributed by atoms with Crippen LogP contribution in [0.5, 0.6) is 0 Å². The summed E-state index contributed by atoms with van der Waals surface area (Å²) in [5, 5.41) is 9.84. The summed E-state index contributed by atoms with van der Waals surface area (Å²) in [7, 11) is 0. The number of rotatable bonds is 5. The highest BCUT2D eigenvalue weighted by molar-refractivity contribution is 6.32. The molecule has 0 spiro atoms. The van der Waals surface area contributed by atoms with Crippen molar-refractivity contribution in [2.24, 2.45) is 0 Å². The highest BCUT2D eigenvalue weighted by Gasteiger charge is 2.39. The van der Waals surface area contributed by atoms with Crippen LogP contribution >= 0.6 is 11.6 Å². The summed E-state index contributed by atoms with van der Waals surface area (Å²) in [5.74, 6) is -0.531. The predicted octanol–water partition coefficient (Wildman–Crippen LogP) is 4.62. The van der Waals surface area contributed by atoms with Gasteiger partial charge in [-0.2, -0.15) is 23.4 Å². The fourth-order valence-corrected chi connectivity index (χ4v) is 3.12. The summed E-state index contributed by atoms with van der Waals surface area (Å²) < 4.78 is 41.6. The SMILES string of the molecule is Cc1ccccc1Cn1cc(NC(=O)C(C)n2nc(C(F)(F)F)c(Cl)c2C)cn1. The lowest BCUT2D eigenvalue weighted by Gasteiger charge is -2.13. The number of alkyl halides is 3. The van der Waals surface area contributed by atoms with E-state index in [2.05, 4.69) is 15.5 Å². The first-order valence-corrected chi connectivity index (χ1v) is 9.15. The van der Waals surface area contributed by atoms with E-state index in [1.54, 1.807) is 10.9 Å². The van der Waals surface area contributed by atoms with Gasteiger partial charge in [-0.3, -0.25) is 14.2 Å². The Labute approximate surface area is 170 Å². The van der Waals surface area contributed by atoms with Crippen LogP contribution in [0.15, 0.2) is 36.7 Å². The maximum Gasteiger partial charge on any atom is 0.436 e. The maximum absolute atomic E-state index is 13.0. The molecule has 1 amide bonds. The first-order valence-electron chi connectivity index (χ1n) is 8.77. The third-order valence-electron chi connectivity index (χ3n) is 4.59. The lowest BCUT2D eigenvalue weighted by atomic mass is 10.1. The zero-order chi connectivity index (χ0) is 21.3. The van der Waals surface area contributed by atoms with Gasteiger partial charge in [0.1, 0.15) is 6.04 Å². The Hall–Kier alpha value is -2.81. The molecule has 154 valence electrons. The van der Waals surface area contributed by atoms with Crippen molar-refractivity contribution < 1.29 is 18.0 Å². The third-order valence-corrected chi connectivity index (χ3v) is 5.04. The molecule has 3 rings (SSSR count). The molecule has 0 saturated carbocycles. The molecule has 1 N–H and O–H groups in total. The van der Waals surface area contributed by atoms with Crippen molar-refractivity contribution in [2.45, 2.75) is 39.5 Å². The fourth-order valence-electron chi connectivity index (χ4n) is 2.89. The molecule has 1 unspecified atom stereocenters. The fraction of sp³-hybridized carbons (Fsp3) is 0.316. The number of anilines is 1. The van der Waals surface area contributed by atoms with Crippen LogP contribution in [-0.2, 0) is 17.5 Å². The Kier molecular flexibility index (Phi) is 5.70. The summed E-state index contributed by atoms with van der Waals surface area (Å²) in [4.78, 5) is 12.5. The average molecular weight is 426 g/mol. The number of carbonyl (C=O) groups is 1. The smallest absolute Gasteiger partial charge is 0.322 e. The summed E-state index contributed by atoms with van der Waals surface area (Å²) >= 11 is 5.75. The van der Waals surface area contributed by atoms with Gasteiger partial charge in [0.15, 0.2) is 5.69 Å². The van der Waals surface area contributed by atoms with Crippen LogP contribution in [-0.4, -0.2) is 25.5 Å². The van der Waals surface area contributed by atoms with Crippen LogP contribution in [0.25, 0.3) is 0 Å². The van der Waals surface area contributed by atoms with Gasteiger partial charge in [-0.1, -0.05) is 35.9 Å². The third kappa shape index (κ3) is 4.45. The Morgan fingerprint density at radius 2 is 1.97 bits per heavy atom. The van der Waals surface area contributed by atoms with Crippen LogP contribution in [0.3, 0.4) is 0 Å². The second kappa shape index (κ2) is 7.90. The van der Waals surface area contributed by atoms with E-state index >= 15 is 0 Å². The van der Waals surface area contributed by atoms with E-state index in [1.807, 2.05) is 31.2 Å². The molecule has 0 bridgehead atoms. The van der Waals surface area contributed by atoms with E-state index in [0.717, 1.165) is 15.8 Å². The number of hydrogen-bond donors (Lipinski definition) is 1. The number of amides is 1. The lowest BCUT2D eigenvalue weighted by molar-refractivity contribution is -0.141. The molecule has 0 saturated heterocycles. The molecule has 1 atom stereocenters. The Balaban J connectivity index is 1.73. The van der Waals surface area contributed by atoms with Crippen LogP contribution in [0.1, 0.15) is 35.5 Å². The van der Waals surface area contributed by atoms with E-state index < -0.39 is 28.8 Å². The van der Waals surface area contributed by atoms with Crippen molar-refractivity contribution >= 4 is 23.2 Å². The van der Waals surface area contributed by atoms with Gasteiger partial charge in [0, 0.05) is 6.20 Å². The standard InChI is InChI=1S/C19H19ClF3N5O/c1-11-6-4-5-7-14(11)9-27-10-15(8-24-27)25-18(29)13(3)28-12(2)16(20)17(26-28)19(21,22)23/h4-8,10,13H,9H2,1-3H3,(H,25,29). The number of aryl methyl sites for hydroxylation is 1. The van der Waals surface area contributed by atoms with Crippen LogP contribution in [0.2, 0.25) is 5.02 Å². The highest BCUT2D eigenvalue weighted by atomic mass is 35.5. The van der Waals surface area contributed by atoms with E-state index in [0.29, 0.717) is 12.2 Å². The highest BCUT2D eigenvalue weighted by Crippen LogP contribution is 2.36. The van der Waals surface area contributed by atoms with Crippen molar-refractivity contribution in [3.8, 4) is 0 Å². The number of benzene rings is 1. The summed E-state index contributed by atoms with van der Waals surface area (Å²) in [6.45, 7) is 5.36. The number of aromatic nitrogens is 4. The average Bonchev–Trinajstić information content (AvgIpc) is 3.21. The molecule has 0 aliphatic heterocycles. The van der Waals surface area contributed by atoms with Gasteiger partial charge >= 0.3 is 6.18 Å². The van der Waals surface area contributed by atoms with Crippen molar-refractivity contribution in [1.29, 1.82) is 0 Å². The van der Waals surface area contributed by atoms with Gasteiger partial charge in [0.05, 0.1) is 29.1 Å². The summed E-state index contributed by atoms with van der Waals surface area (Å²) in [6.07, 6.45) is -1.56. The van der Waals surface area contributed by atoms with Crippen molar-refractivity contribution in [2.75, 3.05) is 5.32 Å². The van der Waals surface area contributed by atoms with Gasteiger partial charge < -0.3 is 5.32 Å². The molecular formula is C19H19ClF3N5O. The monoisotopic (exact) mass is 425 g/mol. The number of nitrogens with one attached hydrogen (secondary N) is 1. The number of hydrogen-bond acceptors (Lipinski definition) is 3. The molecule has 29 heavy (non-hydrogen) atoms. The second-order valence-corrected chi connectivity index (χ2v) is 7.09. The first-order chi connectivity index (χ1) is 13.6.